The van der Waals surface area contributed by atoms with Crippen molar-refractivity contribution in [3.8, 4) is 0 Å². The van der Waals surface area contributed by atoms with Gasteiger partial charge in [-0.1, -0.05) is 41.9 Å². The summed E-state index contributed by atoms with van der Waals surface area (Å²) in [4.78, 5) is 28.0. The lowest BCUT2D eigenvalue weighted by Gasteiger charge is -2.43. The molecule has 0 N–H and O–H groups in total. The van der Waals surface area contributed by atoms with E-state index in [1.807, 2.05) is 22.9 Å². The maximum absolute atomic E-state index is 12.9. The van der Waals surface area contributed by atoms with E-state index in [1.165, 1.54) is 17.2 Å². The van der Waals surface area contributed by atoms with Crippen LogP contribution < -0.4 is 10.4 Å². The predicted octanol–water partition coefficient (Wildman–Crippen LogP) is 4.19. The smallest absolute Gasteiger partial charge is 0.274 e. The first kappa shape index (κ1) is 19.3. The first-order valence-corrected chi connectivity index (χ1v) is 11.1. The number of halogens is 1. The molecule has 1 amide bonds. The quantitative estimate of drug-likeness (QED) is 0.572. The van der Waals surface area contributed by atoms with Gasteiger partial charge < -0.3 is 4.90 Å². The van der Waals surface area contributed by atoms with Gasteiger partial charge in [-0.25, -0.2) is 0 Å². The molecule has 0 saturated carbocycles. The Morgan fingerprint density at radius 2 is 1.87 bits per heavy atom. The van der Waals surface area contributed by atoms with E-state index in [-0.39, 0.29) is 17.4 Å². The molecule has 0 bridgehead atoms. The highest BCUT2D eigenvalue weighted by Crippen LogP contribution is 2.43. The van der Waals surface area contributed by atoms with Crippen molar-refractivity contribution >= 4 is 29.3 Å². The molecular weight excluding hydrogens is 418 g/mol. The molecule has 5 rings (SSSR count). The van der Waals surface area contributed by atoms with Gasteiger partial charge in [-0.3, -0.25) is 19.3 Å². The number of thioether (sulfide) groups is 1. The van der Waals surface area contributed by atoms with E-state index in [0.717, 1.165) is 16.2 Å². The molecule has 3 heterocycles. The summed E-state index contributed by atoms with van der Waals surface area (Å²) in [7, 11) is 1.77. The summed E-state index contributed by atoms with van der Waals surface area (Å²) in [6, 6.07) is 15.8. The molecule has 1 atom stereocenters. The minimum Gasteiger partial charge on any atom is -0.321 e. The van der Waals surface area contributed by atoms with Crippen molar-refractivity contribution in [1.82, 2.24) is 9.58 Å². The second-order valence-corrected chi connectivity index (χ2v) is 9.11. The predicted molar refractivity (Wildman–Crippen MR) is 120 cm³/mol. The van der Waals surface area contributed by atoms with Crippen LogP contribution in [0.3, 0.4) is 0 Å². The molecule has 0 aliphatic carbocycles. The summed E-state index contributed by atoms with van der Waals surface area (Å²) >= 11 is 8.09. The fourth-order valence-corrected chi connectivity index (χ4v) is 5.64. The fourth-order valence-electron chi connectivity index (χ4n) is 4.27. The van der Waals surface area contributed by atoms with Gasteiger partial charge in [-0.15, -0.1) is 11.8 Å². The van der Waals surface area contributed by atoms with Crippen LogP contribution in [0, 0.1) is 6.92 Å². The Hall–Kier alpha value is -2.70. The number of nitrogens with zero attached hydrogens (tertiary/aromatic N) is 3. The van der Waals surface area contributed by atoms with Gasteiger partial charge in [0.05, 0.1) is 6.04 Å². The number of benzene rings is 2. The molecule has 5 nitrogen and oxygen atoms in total. The summed E-state index contributed by atoms with van der Waals surface area (Å²) in [6.07, 6.45) is 1.71. The molecule has 0 spiro atoms. The van der Waals surface area contributed by atoms with Crippen molar-refractivity contribution < 1.29 is 4.79 Å². The van der Waals surface area contributed by atoms with Crippen LogP contribution in [0.4, 0.5) is 0 Å². The van der Waals surface area contributed by atoms with E-state index < -0.39 is 0 Å². The van der Waals surface area contributed by atoms with Crippen molar-refractivity contribution in [3.63, 3.8) is 0 Å². The second kappa shape index (κ2) is 7.22. The third-order valence-electron chi connectivity index (χ3n) is 5.81. The Balaban J connectivity index is 1.79. The van der Waals surface area contributed by atoms with Crippen LogP contribution in [-0.2, 0) is 5.75 Å². The van der Waals surface area contributed by atoms with Crippen LogP contribution in [-0.4, -0.2) is 29.2 Å². The molecule has 30 heavy (non-hydrogen) atoms. The number of amides is 1. The van der Waals surface area contributed by atoms with E-state index in [4.69, 9.17) is 11.6 Å². The highest BCUT2D eigenvalue weighted by atomic mass is 35.5. The number of aromatic nitrogens is 1. The third-order valence-corrected chi connectivity index (χ3v) is 7.16. The molecule has 3 aromatic rings. The zero-order valence-electron chi connectivity index (χ0n) is 16.6. The molecule has 0 radical (unpaired) electrons. The van der Waals surface area contributed by atoms with E-state index in [2.05, 4.69) is 29.3 Å². The molecular formula is C23H20ClN3O2S. The highest BCUT2D eigenvalue weighted by molar-refractivity contribution is 7.98. The first-order valence-electron chi connectivity index (χ1n) is 9.70. The van der Waals surface area contributed by atoms with Gasteiger partial charge in [0.15, 0.2) is 5.43 Å². The number of fused-ring (bicyclic) bond motifs is 3. The summed E-state index contributed by atoms with van der Waals surface area (Å²) < 4.78 is 1.86. The van der Waals surface area contributed by atoms with Gasteiger partial charge in [-0.2, -0.15) is 0 Å². The van der Waals surface area contributed by atoms with Crippen LogP contribution in [0.2, 0.25) is 5.02 Å². The summed E-state index contributed by atoms with van der Waals surface area (Å²) in [6.45, 7) is 2.12. The molecule has 2 aliphatic rings. The Morgan fingerprint density at radius 3 is 2.70 bits per heavy atom. The van der Waals surface area contributed by atoms with Crippen molar-refractivity contribution in [3.05, 3.63) is 97.9 Å². The average Bonchev–Trinajstić information content (AvgIpc) is 2.89. The SMILES string of the molecule is Cc1c2n(ccc1=O)N(C1c3ccccc3CSc3cc(Cl)ccc31)CN(C)C2=O. The largest absolute Gasteiger partial charge is 0.321 e. The molecule has 1 unspecified atom stereocenters. The molecule has 2 aliphatic heterocycles. The summed E-state index contributed by atoms with van der Waals surface area (Å²) in [5, 5.41) is 2.86. The van der Waals surface area contributed by atoms with Gasteiger partial charge in [0.2, 0.25) is 0 Å². The number of carbonyl (C=O) groups excluding carboxylic acids is 1. The van der Waals surface area contributed by atoms with Crippen molar-refractivity contribution in [1.29, 1.82) is 0 Å². The van der Waals surface area contributed by atoms with Gasteiger partial charge >= 0.3 is 0 Å². The topological polar surface area (TPSA) is 45.6 Å². The Labute approximate surface area is 183 Å². The Kier molecular flexibility index (Phi) is 4.64. The van der Waals surface area contributed by atoms with E-state index in [1.54, 1.807) is 36.8 Å². The molecule has 7 heteroatoms. The number of rotatable bonds is 1. The Bertz CT molecular complexity index is 1240. The second-order valence-electron chi connectivity index (χ2n) is 7.65. The minimum absolute atomic E-state index is 0.125. The molecule has 1 aromatic heterocycles. The lowest BCUT2D eigenvalue weighted by Crippen LogP contribution is -2.54. The van der Waals surface area contributed by atoms with Crippen LogP contribution in [0.5, 0.6) is 0 Å². The van der Waals surface area contributed by atoms with Gasteiger partial charge in [0.25, 0.3) is 5.91 Å². The standard InChI is InChI=1S/C23H20ClN3O2S/c1-14-19(28)9-10-26-21(14)23(29)25(2)13-27(26)22-17-6-4-3-5-15(17)12-30-20-11-16(24)7-8-18(20)22/h3-11,22H,12-13H2,1-2H3. The summed E-state index contributed by atoms with van der Waals surface area (Å²) in [5.41, 5.74) is 4.33. The lowest BCUT2D eigenvalue weighted by molar-refractivity contribution is 0.0730. The highest BCUT2D eigenvalue weighted by Gasteiger charge is 2.36. The number of hydrogen-bond donors (Lipinski definition) is 0. The van der Waals surface area contributed by atoms with Crippen molar-refractivity contribution in [2.24, 2.45) is 0 Å². The van der Waals surface area contributed by atoms with Gasteiger partial charge in [0, 0.05) is 40.5 Å². The number of pyridine rings is 1. The minimum atomic E-state index is -0.144. The molecule has 2 aromatic carbocycles. The van der Waals surface area contributed by atoms with Crippen molar-refractivity contribution in [2.45, 2.75) is 23.6 Å². The Morgan fingerprint density at radius 1 is 1.07 bits per heavy atom. The number of hydrogen-bond acceptors (Lipinski definition) is 4. The maximum Gasteiger partial charge on any atom is 0.274 e. The van der Waals surface area contributed by atoms with E-state index in [9.17, 15) is 9.59 Å². The van der Waals surface area contributed by atoms with Crippen LogP contribution in [0.25, 0.3) is 0 Å². The third kappa shape index (κ3) is 2.94. The van der Waals surface area contributed by atoms with Crippen LogP contribution in [0.15, 0.2) is 64.4 Å². The van der Waals surface area contributed by atoms with Gasteiger partial charge in [-0.05, 0) is 35.7 Å². The summed E-state index contributed by atoms with van der Waals surface area (Å²) in [5.74, 6) is 0.702. The number of carbonyl (C=O) groups is 1. The monoisotopic (exact) mass is 437 g/mol. The zero-order valence-corrected chi connectivity index (χ0v) is 18.2. The normalized spacial score (nSPS) is 17.8. The van der Waals surface area contributed by atoms with E-state index in [0.29, 0.717) is 22.9 Å². The van der Waals surface area contributed by atoms with E-state index >= 15 is 0 Å². The molecule has 0 saturated heterocycles. The van der Waals surface area contributed by atoms with Crippen LogP contribution >= 0.6 is 23.4 Å². The molecule has 152 valence electrons. The fraction of sp³-hybridized carbons (Fsp3) is 0.217. The van der Waals surface area contributed by atoms with Crippen molar-refractivity contribution in [2.75, 3.05) is 18.7 Å². The maximum atomic E-state index is 12.9. The molecule has 0 fully saturated rings. The van der Waals surface area contributed by atoms with Gasteiger partial charge in [0.1, 0.15) is 12.4 Å². The lowest BCUT2D eigenvalue weighted by atomic mass is 9.94. The zero-order chi connectivity index (χ0) is 21.0. The average molecular weight is 438 g/mol. The van der Waals surface area contributed by atoms with Crippen LogP contribution in [0.1, 0.15) is 38.8 Å². The first-order chi connectivity index (χ1) is 14.5.